The number of sulfonamides is 1. The predicted octanol–water partition coefficient (Wildman–Crippen LogP) is 5.24. The summed E-state index contributed by atoms with van der Waals surface area (Å²) < 4.78 is 28.1. The Bertz CT molecular complexity index is 1130. The summed E-state index contributed by atoms with van der Waals surface area (Å²) in [6.07, 6.45) is 5.02. The molecule has 8 heteroatoms. The molecule has 0 aliphatic heterocycles. The van der Waals surface area contributed by atoms with Crippen LogP contribution in [0.15, 0.2) is 59.6 Å². The molecule has 0 radical (unpaired) electrons. The summed E-state index contributed by atoms with van der Waals surface area (Å²) in [5, 5.41) is 5.51. The van der Waals surface area contributed by atoms with Gasteiger partial charge in [0.05, 0.1) is 10.5 Å². The number of nitrogens with zero attached hydrogens (tertiary/aromatic N) is 1. The van der Waals surface area contributed by atoms with E-state index in [-0.39, 0.29) is 22.0 Å². The van der Waals surface area contributed by atoms with Gasteiger partial charge in [-0.1, -0.05) is 35.3 Å². The Labute approximate surface area is 180 Å². The molecule has 0 atom stereocenters. The third-order valence-electron chi connectivity index (χ3n) is 5.24. The van der Waals surface area contributed by atoms with Crippen LogP contribution in [0.2, 0.25) is 10.0 Å². The first kappa shape index (κ1) is 20.4. The molecule has 1 fully saturated rings. The first-order valence-corrected chi connectivity index (χ1v) is 11.7. The number of rotatable bonds is 5. The fourth-order valence-corrected chi connectivity index (χ4v) is 5.76. The quantitative estimate of drug-likeness (QED) is 0.558. The molecule has 29 heavy (non-hydrogen) atoms. The van der Waals surface area contributed by atoms with E-state index in [0.29, 0.717) is 5.02 Å². The Morgan fingerprint density at radius 1 is 0.931 bits per heavy atom. The fraction of sp³-hybridized carbons (Fsp3) is 0.286. The number of fused-ring (bicyclic) bond motifs is 1. The molecular formula is C21H21Cl2N3O2S. The molecule has 0 amide bonds. The van der Waals surface area contributed by atoms with E-state index in [0.717, 1.165) is 42.3 Å². The van der Waals surface area contributed by atoms with Gasteiger partial charge in [0.15, 0.2) is 0 Å². The highest BCUT2D eigenvalue weighted by molar-refractivity contribution is 7.89. The fourth-order valence-electron chi connectivity index (χ4n) is 3.77. The van der Waals surface area contributed by atoms with E-state index >= 15 is 0 Å². The predicted molar refractivity (Wildman–Crippen MR) is 118 cm³/mol. The van der Waals surface area contributed by atoms with Crippen LogP contribution in [-0.2, 0) is 10.0 Å². The molecule has 1 saturated carbocycles. The van der Waals surface area contributed by atoms with Gasteiger partial charge in [0.1, 0.15) is 4.90 Å². The maximum Gasteiger partial charge on any atom is 0.242 e. The van der Waals surface area contributed by atoms with E-state index in [4.69, 9.17) is 23.2 Å². The summed E-state index contributed by atoms with van der Waals surface area (Å²) in [7, 11) is -3.62. The van der Waals surface area contributed by atoms with Gasteiger partial charge in [-0.25, -0.2) is 13.1 Å². The van der Waals surface area contributed by atoms with Crippen LogP contribution in [0, 0.1) is 0 Å². The van der Waals surface area contributed by atoms with Gasteiger partial charge in [-0.05, 0) is 62.1 Å². The standard InChI is InChI=1S/C21H21Cl2N3O2S/c22-14-5-10-17-19(11-12-24-20(17)13-14)25-15-6-8-16(9-7-15)26-29(27,28)21-4-2-1-3-18(21)23/h1-5,10-13,15-16,26H,6-9H2,(H,24,25). The minimum Gasteiger partial charge on any atom is -0.382 e. The van der Waals surface area contributed by atoms with E-state index in [1.54, 1.807) is 24.4 Å². The second kappa shape index (κ2) is 8.48. The summed E-state index contributed by atoms with van der Waals surface area (Å²) in [5.41, 5.74) is 1.87. The number of anilines is 1. The molecule has 2 aromatic carbocycles. The van der Waals surface area contributed by atoms with E-state index in [9.17, 15) is 8.42 Å². The highest BCUT2D eigenvalue weighted by atomic mass is 35.5. The number of aromatic nitrogens is 1. The van der Waals surface area contributed by atoms with E-state index in [1.807, 2.05) is 24.3 Å². The minimum absolute atomic E-state index is 0.0951. The monoisotopic (exact) mass is 449 g/mol. The second-order valence-corrected chi connectivity index (χ2v) is 9.79. The van der Waals surface area contributed by atoms with Crippen LogP contribution in [0.4, 0.5) is 5.69 Å². The first-order valence-electron chi connectivity index (χ1n) is 9.50. The molecule has 1 aliphatic rings. The van der Waals surface area contributed by atoms with Crippen molar-refractivity contribution >= 4 is 49.8 Å². The van der Waals surface area contributed by atoms with Gasteiger partial charge < -0.3 is 5.32 Å². The maximum absolute atomic E-state index is 12.6. The number of benzene rings is 2. The summed E-state index contributed by atoms with van der Waals surface area (Å²) in [5.74, 6) is 0. The Kier molecular flexibility index (Phi) is 5.97. The van der Waals surface area contributed by atoms with Crippen molar-refractivity contribution in [2.75, 3.05) is 5.32 Å². The molecule has 0 saturated heterocycles. The van der Waals surface area contributed by atoms with Crippen LogP contribution in [0.1, 0.15) is 25.7 Å². The van der Waals surface area contributed by atoms with Gasteiger partial charge in [-0.3, -0.25) is 4.98 Å². The normalized spacial score (nSPS) is 19.9. The second-order valence-electron chi connectivity index (χ2n) is 7.26. The van der Waals surface area contributed by atoms with Crippen molar-refractivity contribution in [3.8, 4) is 0 Å². The number of halogens is 2. The van der Waals surface area contributed by atoms with Gasteiger partial charge in [0, 0.05) is 34.4 Å². The topological polar surface area (TPSA) is 71.1 Å². The molecule has 3 aromatic rings. The molecule has 0 spiro atoms. The molecular weight excluding hydrogens is 429 g/mol. The zero-order valence-electron chi connectivity index (χ0n) is 15.6. The summed E-state index contributed by atoms with van der Waals surface area (Å²) in [4.78, 5) is 4.50. The van der Waals surface area contributed by atoms with Gasteiger partial charge in [-0.2, -0.15) is 0 Å². The van der Waals surface area contributed by atoms with Crippen LogP contribution < -0.4 is 10.0 Å². The lowest BCUT2D eigenvalue weighted by molar-refractivity contribution is 0.387. The van der Waals surface area contributed by atoms with Crippen LogP contribution in [0.3, 0.4) is 0 Å². The lowest BCUT2D eigenvalue weighted by Crippen LogP contribution is -2.40. The van der Waals surface area contributed by atoms with Gasteiger partial charge in [-0.15, -0.1) is 0 Å². The van der Waals surface area contributed by atoms with Crippen molar-refractivity contribution in [3.63, 3.8) is 0 Å². The zero-order valence-corrected chi connectivity index (χ0v) is 17.9. The van der Waals surface area contributed by atoms with Crippen LogP contribution >= 0.6 is 23.2 Å². The lowest BCUT2D eigenvalue weighted by Gasteiger charge is -2.30. The molecule has 152 valence electrons. The number of hydrogen-bond acceptors (Lipinski definition) is 4. The average molecular weight is 450 g/mol. The van der Waals surface area contributed by atoms with Gasteiger partial charge in [0.2, 0.25) is 10.0 Å². The average Bonchev–Trinajstić information content (AvgIpc) is 2.69. The van der Waals surface area contributed by atoms with E-state index in [1.165, 1.54) is 6.07 Å². The number of pyridine rings is 1. The van der Waals surface area contributed by atoms with Crippen LogP contribution in [0.5, 0.6) is 0 Å². The molecule has 5 nitrogen and oxygen atoms in total. The van der Waals surface area contributed by atoms with Gasteiger partial charge in [0.25, 0.3) is 0 Å². The highest BCUT2D eigenvalue weighted by Crippen LogP contribution is 2.29. The largest absolute Gasteiger partial charge is 0.382 e. The number of hydrogen-bond donors (Lipinski definition) is 2. The SMILES string of the molecule is O=S(=O)(NC1CCC(Nc2ccnc3cc(Cl)ccc23)CC1)c1ccccc1Cl. The summed E-state index contributed by atoms with van der Waals surface area (Å²) in [6, 6.07) is 14.3. The molecule has 1 heterocycles. The molecule has 1 aliphatic carbocycles. The third kappa shape index (κ3) is 4.67. The highest BCUT2D eigenvalue weighted by Gasteiger charge is 2.27. The minimum atomic E-state index is -3.62. The molecule has 4 rings (SSSR count). The zero-order chi connectivity index (χ0) is 20.4. The van der Waals surface area contributed by atoms with Crippen LogP contribution in [0.25, 0.3) is 10.9 Å². The molecule has 2 N–H and O–H groups in total. The Balaban J connectivity index is 1.40. The number of nitrogens with one attached hydrogen (secondary N) is 2. The Morgan fingerprint density at radius 2 is 1.66 bits per heavy atom. The third-order valence-corrected chi connectivity index (χ3v) is 7.49. The maximum atomic E-state index is 12.6. The van der Waals surface area contributed by atoms with Crippen molar-refractivity contribution in [1.82, 2.24) is 9.71 Å². The van der Waals surface area contributed by atoms with Crippen molar-refractivity contribution in [2.24, 2.45) is 0 Å². The van der Waals surface area contributed by atoms with E-state index in [2.05, 4.69) is 15.0 Å². The van der Waals surface area contributed by atoms with Crippen molar-refractivity contribution in [3.05, 3.63) is 64.8 Å². The lowest BCUT2D eigenvalue weighted by atomic mass is 9.91. The van der Waals surface area contributed by atoms with Crippen LogP contribution in [-0.4, -0.2) is 25.5 Å². The summed E-state index contributed by atoms with van der Waals surface area (Å²) in [6.45, 7) is 0. The first-order chi connectivity index (χ1) is 13.9. The van der Waals surface area contributed by atoms with Gasteiger partial charge >= 0.3 is 0 Å². The van der Waals surface area contributed by atoms with Crippen molar-refractivity contribution in [2.45, 2.75) is 42.7 Å². The Morgan fingerprint density at radius 3 is 2.41 bits per heavy atom. The molecule has 0 bridgehead atoms. The van der Waals surface area contributed by atoms with E-state index < -0.39 is 10.0 Å². The molecule has 1 aromatic heterocycles. The summed E-state index contributed by atoms with van der Waals surface area (Å²) >= 11 is 12.1. The molecule has 0 unspecified atom stereocenters. The van der Waals surface area contributed by atoms with Crippen molar-refractivity contribution < 1.29 is 8.42 Å². The Hall–Kier alpha value is -1.86. The van der Waals surface area contributed by atoms with Crippen molar-refractivity contribution in [1.29, 1.82) is 0 Å². The smallest absolute Gasteiger partial charge is 0.242 e.